The van der Waals surface area contributed by atoms with E-state index in [-0.39, 0.29) is 6.79 Å². The second kappa shape index (κ2) is 8.24. The number of ether oxygens (including phenoxy) is 2. The highest BCUT2D eigenvalue weighted by atomic mass is 32.1. The topological polar surface area (TPSA) is 44.5 Å². The van der Waals surface area contributed by atoms with Crippen molar-refractivity contribution in [1.29, 1.82) is 0 Å². The van der Waals surface area contributed by atoms with E-state index in [2.05, 4.69) is 34.6 Å². The SMILES string of the molecule is CC1CCN(Cn2nc(-c3ccccc3)n(Cc3ccc4c(c3)OCO4)c2=S)CC1. The van der Waals surface area contributed by atoms with Crippen molar-refractivity contribution in [3.63, 3.8) is 0 Å². The largest absolute Gasteiger partial charge is 0.454 e. The normalized spacial score (nSPS) is 16.8. The van der Waals surface area contributed by atoms with Gasteiger partial charge in [-0.05, 0) is 48.7 Å². The van der Waals surface area contributed by atoms with Gasteiger partial charge in [0, 0.05) is 18.7 Å². The molecule has 0 bridgehead atoms. The Morgan fingerprint density at radius 2 is 1.80 bits per heavy atom. The molecule has 3 aromatic rings. The summed E-state index contributed by atoms with van der Waals surface area (Å²) in [6.07, 6.45) is 2.47. The Labute approximate surface area is 181 Å². The zero-order valence-corrected chi connectivity index (χ0v) is 18.0. The highest BCUT2D eigenvalue weighted by Gasteiger charge is 2.20. The maximum absolute atomic E-state index is 5.88. The summed E-state index contributed by atoms with van der Waals surface area (Å²) in [5.41, 5.74) is 2.18. The molecule has 0 radical (unpaired) electrons. The summed E-state index contributed by atoms with van der Waals surface area (Å²) in [6.45, 7) is 6.17. The van der Waals surface area contributed by atoms with E-state index < -0.39 is 0 Å². The maximum atomic E-state index is 5.88. The van der Waals surface area contributed by atoms with Crippen LogP contribution in [-0.4, -0.2) is 39.1 Å². The summed E-state index contributed by atoms with van der Waals surface area (Å²) in [7, 11) is 0. The van der Waals surface area contributed by atoms with Gasteiger partial charge in [0.05, 0.1) is 13.2 Å². The summed E-state index contributed by atoms with van der Waals surface area (Å²) in [5.74, 6) is 3.28. The molecular formula is C23H26N4O2S. The van der Waals surface area contributed by atoms with Crippen molar-refractivity contribution in [3.05, 3.63) is 58.9 Å². The van der Waals surface area contributed by atoms with E-state index in [0.717, 1.165) is 58.9 Å². The first kappa shape index (κ1) is 19.3. The standard InChI is InChI=1S/C23H26N4O2S/c1-17-9-11-25(12-10-17)15-27-23(30)26(22(24-27)19-5-3-2-4-6-19)14-18-7-8-20-21(13-18)29-16-28-20/h2-8,13,17H,9-12,14-16H2,1H3. The lowest BCUT2D eigenvalue weighted by molar-refractivity contribution is 0.146. The number of hydrogen-bond donors (Lipinski definition) is 0. The van der Waals surface area contributed by atoms with Crippen molar-refractivity contribution in [1.82, 2.24) is 19.2 Å². The van der Waals surface area contributed by atoms with Crippen LogP contribution in [0.15, 0.2) is 48.5 Å². The highest BCUT2D eigenvalue weighted by Crippen LogP contribution is 2.33. The van der Waals surface area contributed by atoms with Crippen molar-refractivity contribution < 1.29 is 9.47 Å². The van der Waals surface area contributed by atoms with E-state index in [4.69, 9.17) is 26.8 Å². The number of likely N-dealkylation sites (tertiary alicyclic amines) is 1. The summed E-state index contributed by atoms with van der Waals surface area (Å²) in [4.78, 5) is 2.45. The first-order chi connectivity index (χ1) is 14.7. The van der Waals surface area contributed by atoms with Gasteiger partial charge in [-0.25, -0.2) is 4.68 Å². The van der Waals surface area contributed by atoms with Crippen LogP contribution in [0.4, 0.5) is 0 Å². The molecule has 1 saturated heterocycles. The van der Waals surface area contributed by atoms with E-state index in [9.17, 15) is 0 Å². The number of piperidine rings is 1. The molecule has 6 nitrogen and oxygen atoms in total. The van der Waals surface area contributed by atoms with Gasteiger partial charge in [-0.3, -0.25) is 9.47 Å². The van der Waals surface area contributed by atoms with Crippen molar-refractivity contribution in [3.8, 4) is 22.9 Å². The summed E-state index contributed by atoms with van der Waals surface area (Å²) < 4.78 is 15.8. The highest BCUT2D eigenvalue weighted by molar-refractivity contribution is 7.71. The Morgan fingerprint density at radius 1 is 1.03 bits per heavy atom. The lowest BCUT2D eigenvalue weighted by Gasteiger charge is -2.29. The van der Waals surface area contributed by atoms with Gasteiger partial charge < -0.3 is 9.47 Å². The van der Waals surface area contributed by atoms with Crippen LogP contribution in [0.1, 0.15) is 25.3 Å². The molecule has 0 unspecified atom stereocenters. The third-order valence-corrected chi connectivity index (χ3v) is 6.37. The van der Waals surface area contributed by atoms with E-state index in [1.54, 1.807) is 0 Å². The summed E-state index contributed by atoms with van der Waals surface area (Å²) >= 11 is 5.88. The molecular weight excluding hydrogens is 396 g/mol. The number of rotatable bonds is 5. The predicted molar refractivity (Wildman–Crippen MR) is 118 cm³/mol. The molecule has 0 N–H and O–H groups in total. The zero-order chi connectivity index (χ0) is 20.5. The molecule has 2 aromatic carbocycles. The van der Waals surface area contributed by atoms with Crippen molar-refractivity contribution in [2.75, 3.05) is 19.9 Å². The van der Waals surface area contributed by atoms with Gasteiger partial charge in [0.25, 0.3) is 0 Å². The monoisotopic (exact) mass is 422 g/mol. The van der Waals surface area contributed by atoms with Crippen molar-refractivity contribution in [2.45, 2.75) is 33.0 Å². The fraction of sp³-hybridized carbons (Fsp3) is 0.391. The molecule has 1 fully saturated rings. The van der Waals surface area contributed by atoms with Crippen LogP contribution in [-0.2, 0) is 13.2 Å². The quantitative estimate of drug-likeness (QED) is 0.565. The third kappa shape index (κ3) is 3.87. The maximum Gasteiger partial charge on any atom is 0.231 e. The van der Waals surface area contributed by atoms with E-state index in [0.29, 0.717) is 6.54 Å². The molecule has 0 spiro atoms. The zero-order valence-electron chi connectivity index (χ0n) is 17.2. The number of aromatic nitrogens is 3. The molecule has 5 rings (SSSR count). The molecule has 30 heavy (non-hydrogen) atoms. The molecule has 156 valence electrons. The fourth-order valence-corrected chi connectivity index (χ4v) is 4.34. The number of fused-ring (bicyclic) bond motifs is 1. The number of nitrogens with zero attached hydrogens (tertiary/aromatic N) is 4. The Morgan fingerprint density at radius 3 is 2.60 bits per heavy atom. The lowest BCUT2D eigenvalue weighted by Crippen LogP contribution is -2.34. The Balaban J connectivity index is 1.48. The molecule has 1 aromatic heterocycles. The van der Waals surface area contributed by atoms with Crippen LogP contribution in [0, 0.1) is 10.7 Å². The second-order valence-corrected chi connectivity index (χ2v) is 8.55. The Bertz CT molecular complexity index is 1080. The number of hydrogen-bond acceptors (Lipinski definition) is 5. The number of benzene rings is 2. The molecule has 7 heteroatoms. The van der Waals surface area contributed by atoms with E-state index in [1.165, 1.54) is 12.8 Å². The Hall–Kier alpha value is -2.64. The van der Waals surface area contributed by atoms with Crippen LogP contribution in [0.25, 0.3) is 11.4 Å². The molecule has 0 atom stereocenters. The average molecular weight is 423 g/mol. The van der Waals surface area contributed by atoms with E-state index in [1.807, 2.05) is 35.0 Å². The Kier molecular flexibility index (Phi) is 5.31. The fourth-order valence-electron chi connectivity index (χ4n) is 4.09. The van der Waals surface area contributed by atoms with Crippen LogP contribution in [0.3, 0.4) is 0 Å². The average Bonchev–Trinajstić information content (AvgIpc) is 3.36. The van der Waals surface area contributed by atoms with Gasteiger partial charge in [0.15, 0.2) is 22.1 Å². The summed E-state index contributed by atoms with van der Waals surface area (Å²) in [5, 5.41) is 4.94. The molecule has 0 saturated carbocycles. The van der Waals surface area contributed by atoms with Gasteiger partial charge in [-0.15, -0.1) is 0 Å². The van der Waals surface area contributed by atoms with Gasteiger partial charge in [-0.2, -0.15) is 5.10 Å². The van der Waals surface area contributed by atoms with E-state index >= 15 is 0 Å². The van der Waals surface area contributed by atoms with Crippen molar-refractivity contribution >= 4 is 12.2 Å². The van der Waals surface area contributed by atoms with Crippen LogP contribution >= 0.6 is 12.2 Å². The molecule has 2 aliphatic heterocycles. The molecule has 0 amide bonds. The van der Waals surface area contributed by atoms with Gasteiger partial charge in [0.2, 0.25) is 6.79 Å². The van der Waals surface area contributed by atoms with Crippen molar-refractivity contribution in [2.24, 2.45) is 5.92 Å². The van der Waals surface area contributed by atoms with Crippen LogP contribution < -0.4 is 9.47 Å². The lowest BCUT2D eigenvalue weighted by atomic mass is 10.00. The summed E-state index contributed by atoms with van der Waals surface area (Å²) in [6, 6.07) is 16.3. The van der Waals surface area contributed by atoms with Gasteiger partial charge in [-0.1, -0.05) is 43.3 Å². The van der Waals surface area contributed by atoms with Gasteiger partial charge in [0.1, 0.15) is 0 Å². The van der Waals surface area contributed by atoms with Crippen LogP contribution in [0.5, 0.6) is 11.5 Å². The minimum Gasteiger partial charge on any atom is -0.454 e. The predicted octanol–water partition coefficient (Wildman–Crippen LogP) is 4.55. The first-order valence-corrected chi connectivity index (χ1v) is 10.9. The second-order valence-electron chi connectivity index (χ2n) is 8.19. The molecule has 3 heterocycles. The minimum atomic E-state index is 0.278. The minimum absolute atomic E-state index is 0.278. The molecule has 2 aliphatic rings. The first-order valence-electron chi connectivity index (χ1n) is 10.5. The smallest absolute Gasteiger partial charge is 0.231 e. The third-order valence-electron chi connectivity index (χ3n) is 5.94. The van der Waals surface area contributed by atoms with Gasteiger partial charge >= 0.3 is 0 Å². The molecule has 0 aliphatic carbocycles. The van der Waals surface area contributed by atoms with Crippen LogP contribution in [0.2, 0.25) is 0 Å².